The first-order valence-corrected chi connectivity index (χ1v) is 9.80. The zero-order valence-corrected chi connectivity index (χ0v) is 18.1. The van der Waals surface area contributed by atoms with E-state index in [9.17, 15) is 22.8 Å². The highest BCUT2D eigenvalue weighted by Gasteiger charge is 2.25. The Morgan fingerprint density at radius 2 is 1.76 bits per heavy atom. The monoisotopic (exact) mass is 498 g/mol. The fourth-order valence-electron chi connectivity index (χ4n) is 3.29. The molecule has 3 heterocycles. The molecule has 1 amide bonds. The number of hydrogen-bond donors (Lipinski definition) is 3. The number of anilines is 4. The van der Waals surface area contributed by atoms with Gasteiger partial charge >= 0.3 is 23.8 Å². The van der Waals surface area contributed by atoms with Gasteiger partial charge in [-0.05, 0) is 25.0 Å². The van der Waals surface area contributed by atoms with Gasteiger partial charge in [0, 0.05) is 25.2 Å². The van der Waals surface area contributed by atoms with Crippen molar-refractivity contribution in [3.8, 4) is 0 Å². The third-order valence-electron chi connectivity index (χ3n) is 5.04. The average Bonchev–Trinajstić information content (AvgIpc) is 3.27. The molecule has 0 bridgehead atoms. The molecule has 0 radical (unpaired) electrons. The van der Waals surface area contributed by atoms with Gasteiger partial charge in [0.1, 0.15) is 11.6 Å². The van der Waals surface area contributed by atoms with Crippen molar-refractivity contribution in [2.75, 3.05) is 28.6 Å². The smallest absolute Gasteiger partial charge is 0.320 e. The summed E-state index contributed by atoms with van der Waals surface area (Å²) in [6.07, 6.45) is 2.47. The Bertz CT molecular complexity index is 1190. The molecule has 0 spiro atoms. The lowest BCUT2D eigenvalue weighted by Gasteiger charge is -2.31. The summed E-state index contributed by atoms with van der Waals surface area (Å²) in [6.45, 7) is 1.12. The van der Waals surface area contributed by atoms with Crippen molar-refractivity contribution in [2.24, 2.45) is 5.92 Å². The molecule has 0 aliphatic carbocycles. The van der Waals surface area contributed by atoms with Crippen LogP contribution in [0.15, 0.2) is 34.9 Å². The number of rotatable bonds is 6. The molecular formula is C20H18ClF3N6O4. The average molecular weight is 499 g/mol. The van der Waals surface area contributed by atoms with Gasteiger partial charge in [0.25, 0.3) is 0 Å². The van der Waals surface area contributed by atoms with Gasteiger partial charge in [0.15, 0.2) is 11.6 Å². The highest BCUT2D eigenvalue weighted by Crippen LogP contribution is 2.24. The quantitative estimate of drug-likeness (QED) is 0.436. The van der Waals surface area contributed by atoms with Gasteiger partial charge in [-0.1, -0.05) is 5.10 Å². The predicted octanol–water partition coefficient (Wildman–Crippen LogP) is 3.60. The van der Waals surface area contributed by atoms with Crippen LogP contribution in [0.3, 0.4) is 0 Å². The van der Waals surface area contributed by atoms with Crippen molar-refractivity contribution in [2.45, 2.75) is 12.8 Å². The summed E-state index contributed by atoms with van der Waals surface area (Å²) in [6, 6.07) is 3.82. The zero-order valence-electron chi connectivity index (χ0n) is 17.3. The predicted molar refractivity (Wildman–Crippen MR) is 116 cm³/mol. The van der Waals surface area contributed by atoms with Gasteiger partial charge in [-0.15, -0.1) is 17.5 Å². The molecule has 1 fully saturated rings. The fraction of sp³-hybridized carbons (Fsp3) is 0.250. The summed E-state index contributed by atoms with van der Waals surface area (Å²) in [5.41, 5.74) is -0.111. The minimum atomic E-state index is -1.35. The van der Waals surface area contributed by atoms with E-state index in [0.29, 0.717) is 49.6 Å². The summed E-state index contributed by atoms with van der Waals surface area (Å²) in [5, 5.41) is 20.9. The van der Waals surface area contributed by atoms with Crippen molar-refractivity contribution in [1.29, 1.82) is 0 Å². The molecule has 1 aliphatic rings. The van der Waals surface area contributed by atoms with Gasteiger partial charge in [-0.3, -0.25) is 9.59 Å². The summed E-state index contributed by atoms with van der Waals surface area (Å²) in [5.74, 6) is -5.45. The lowest BCUT2D eigenvalue weighted by atomic mass is 9.97. The van der Waals surface area contributed by atoms with Crippen LogP contribution >= 0.6 is 12.4 Å². The molecule has 180 valence electrons. The van der Waals surface area contributed by atoms with Crippen LogP contribution in [0, 0.1) is 23.4 Å². The first kappa shape index (κ1) is 24.8. The molecule has 4 rings (SSSR count). The Morgan fingerprint density at radius 1 is 1.06 bits per heavy atom. The van der Waals surface area contributed by atoms with Crippen LogP contribution in [-0.2, 0) is 4.79 Å². The van der Waals surface area contributed by atoms with Crippen LogP contribution in [0.25, 0.3) is 0 Å². The van der Waals surface area contributed by atoms with Gasteiger partial charge in [0.05, 0.1) is 23.5 Å². The van der Waals surface area contributed by atoms with Crippen molar-refractivity contribution < 1.29 is 32.3 Å². The Morgan fingerprint density at radius 3 is 2.41 bits per heavy atom. The number of amides is 1. The minimum Gasteiger partial charge on any atom is -0.481 e. The van der Waals surface area contributed by atoms with E-state index in [1.165, 1.54) is 6.20 Å². The number of benzene rings is 1. The van der Waals surface area contributed by atoms with E-state index in [-0.39, 0.29) is 18.3 Å². The van der Waals surface area contributed by atoms with Crippen molar-refractivity contribution in [3.63, 3.8) is 0 Å². The van der Waals surface area contributed by atoms with E-state index >= 15 is 0 Å². The third-order valence-corrected chi connectivity index (χ3v) is 5.04. The number of piperidine rings is 1. The second-order valence-electron chi connectivity index (χ2n) is 7.24. The lowest BCUT2D eigenvalue weighted by molar-refractivity contribution is -0.142. The standard InChI is InChI=1S/C20H17F3N6O4.ClH/c21-12-7-14(23)15(8-13(12)22)26-20-28-27-18(33-20)17(30)25-11-1-2-16(24-9-11)29-5-3-10(4-6-29)19(31)32;/h1-2,7-10H,3-6H2,(H,25,30)(H,26,28)(H,31,32);1H. The maximum Gasteiger partial charge on any atom is 0.320 e. The van der Waals surface area contributed by atoms with Crippen LogP contribution in [0.2, 0.25) is 0 Å². The Hall–Kier alpha value is -3.87. The normalized spacial score (nSPS) is 13.8. The SMILES string of the molecule is Cl.O=C(Nc1ccc(N2CCC(C(=O)O)CC2)nc1)c1nnc(Nc2cc(F)c(F)cc2F)o1. The number of carbonyl (C=O) groups is 2. The first-order valence-electron chi connectivity index (χ1n) is 9.80. The number of aromatic nitrogens is 3. The molecule has 0 unspecified atom stereocenters. The molecule has 34 heavy (non-hydrogen) atoms. The highest BCUT2D eigenvalue weighted by atomic mass is 35.5. The third kappa shape index (κ3) is 5.54. The van der Waals surface area contributed by atoms with Crippen LogP contribution in [0.5, 0.6) is 0 Å². The number of halogens is 4. The van der Waals surface area contributed by atoms with Crippen molar-refractivity contribution >= 4 is 47.5 Å². The van der Waals surface area contributed by atoms with E-state index in [0.717, 1.165) is 0 Å². The summed E-state index contributed by atoms with van der Waals surface area (Å²) in [4.78, 5) is 29.6. The van der Waals surface area contributed by atoms with E-state index in [1.54, 1.807) is 12.1 Å². The number of pyridine rings is 1. The van der Waals surface area contributed by atoms with Gasteiger partial charge in [-0.2, -0.15) is 0 Å². The summed E-state index contributed by atoms with van der Waals surface area (Å²) in [7, 11) is 0. The van der Waals surface area contributed by atoms with Gasteiger partial charge in [0.2, 0.25) is 0 Å². The van der Waals surface area contributed by atoms with Crippen LogP contribution in [0.4, 0.5) is 36.4 Å². The Labute approximate surface area is 196 Å². The number of carbonyl (C=O) groups excluding carboxylic acids is 1. The molecular weight excluding hydrogens is 481 g/mol. The van der Waals surface area contributed by atoms with E-state index in [4.69, 9.17) is 9.52 Å². The van der Waals surface area contributed by atoms with Gasteiger partial charge < -0.3 is 25.1 Å². The fourth-order valence-corrected chi connectivity index (χ4v) is 3.29. The number of nitrogens with zero attached hydrogens (tertiary/aromatic N) is 4. The topological polar surface area (TPSA) is 133 Å². The number of nitrogens with one attached hydrogen (secondary N) is 2. The molecule has 1 aromatic carbocycles. The van der Waals surface area contributed by atoms with Crippen molar-refractivity contribution in [1.82, 2.24) is 15.2 Å². The largest absolute Gasteiger partial charge is 0.481 e. The molecule has 0 saturated carbocycles. The number of carboxylic acids is 1. The van der Waals surface area contributed by atoms with Gasteiger partial charge in [-0.25, -0.2) is 18.2 Å². The van der Waals surface area contributed by atoms with E-state index in [1.807, 2.05) is 4.90 Å². The maximum atomic E-state index is 13.7. The minimum absolute atomic E-state index is 0. The first-order chi connectivity index (χ1) is 15.8. The molecule has 2 aromatic heterocycles. The van der Waals surface area contributed by atoms with Crippen LogP contribution < -0.4 is 15.5 Å². The van der Waals surface area contributed by atoms with Crippen LogP contribution in [-0.4, -0.2) is 45.3 Å². The number of carboxylic acid groups (broad SMARTS) is 1. The second-order valence-corrected chi connectivity index (χ2v) is 7.24. The van der Waals surface area contributed by atoms with Crippen LogP contribution in [0.1, 0.15) is 23.5 Å². The Kier molecular flexibility index (Phi) is 7.56. The molecule has 1 saturated heterocycles. The highest BCUT2D eigenvalue weighted by molar-refractivity contribution is 6.00. The summed E-state index contributed by atoms with van der Waals surface area (Å²) >= 11 is 0. The molecule has 14 heteroatoms. The van der Waals surface area contributed by atoms with E-state index in [2.05, 4.69) is 25.8 Å². The Balaban J connectivity index is 0.00000324. The zero-order chi connectivity index (χ0) is 23.5. The second kappa shape index (κ2) is 10.4. The van der Waals surface area contributed by atoms with E-state index < -0.39 is 46.9 Å². The van der Waals surface area contributed by atoms with Crippen molar-refractivity contribution in [3.05, 3.63) is 53.8 Å². The molecule has 10 nitrogen and oxygen atoms in total. The molecule has 0 atom stereocenters. The maximum absolute atomic E-state index is 13.7. The molecule has 3 aromatic rings. The number of hydrogen-bond acceptors (Lipinski definition) is 8. The molecule has 1 aliphatic heterocycles. The lowest BCUT2D eigenvalue weighted by Crippen LogP contribution is -2.36. The number of aliphatic carboxylic acids is 1. The molecule has 3 N–H and O–H groups in total. The summed E-state index contributed by atoms with van der Waals surface area (Å²) < 4.78 is 45.1.